The van der Waals surface area contributed by atoms with Crippen LogP contribution < -0.4 is 9.47 Å². The summed E-state index contributed by atoms with van der Waals surface area (Å²) in [5.41, 5.74) is 1.86. The van der Waals surface area contributed by atoms with E-state index in [1.807, 2.05) is 19.1 Å². The van der Waals surface area contributed by atoms with Crippen molar-refractivity contribution in [2.45, 2.75) is 66.2 Å². The van der Waals surface area contributed by atoms with Crippen molar-refractivity contribution < 1.29 is 28.6 Å². The molecule has 0 N–H and O–H groups in total. The molecule has 38 heavy (non-hydrogen) atoms. The molecule has 0 unspecified atom stereocenters. The monoisotopic (exact) mass is 514 g/mol. The van der Waals surface area contributed by atoms with Gasteiger partial charge in [0, 0.05) is 42.7 Å². The summed E-state index contributed by atoms with van der Waals surface area (Å²) in [4.78, 5) is 39.8. The van der Waals surface area contributed by atoms with Gasteiger partial charge in [-0.3, -0.25) is 9.59 Å². The van der Waals surface area contributed by atoms with Gasteiger partial charge in [-0.05, 0) is 47.6 Å². The lowest BCUT2D eigenvalue weighted by molar-refractivity contribution is -0.120. The van der Waals surface area contributed by atoms with E-state index < -0.39 is 11.9 Å². The number of carbonyl (C=O) groups excluding carboxylic acids is 3. The third-order valence-corrected chi connectivity index (χ3v) is 7.39. The van der Waals surface area contributed by atoms with Crippen molar-refractivity contribution in [3.8, 4) is 11.5 Å². The number of hydrogen-bond acceptors (Lipinski definition) is 6. The predicted molar refractivity (Wildman–Crippen MR) is 143 cm³/mol. The first-order valence-corrected chi connectivity index (χ1v) is 13.2. The van der Waals surface area contributed by atoms with Crippen LogP contribution in [0.15, 0.2) is 71.2 Å². The second-order valence-corrected chi connectivity index (χ2v) is 12.0. The predicted octanol–water partition coefficient (Wildman–Crippen LogP) is 6.70. The first-order valence-electron chi connectivity index (χ1n) is 13.2. The summed E-state index contributed by atoms with van der Waals surface area (Å²) < 4.78 is 18.0. The molecule has 0 atom stereocenters. The first-order chi connectivity index (χ1) is 18.0. The lowest BCUT2D eigenvalue weighted by Crippen LogP contribution is -2.37. The molecule has 0 bridgehead atoms. The van der Waals surface area contributed by atoms with Crippen molar-refractivity contribution >= 4 is 17.5 Å². The van der Waals surface area contributed by atoms with Crippen molar-refractivity contribution in [1.29, 1.82) is 0 Å². The zero-order valence-corrected chi connectivity index (χ0v) is 22.7. The van der Waals surface area contributed by atoms with E-state index in [2.05, 4.69) is 27.7 Å². The Hall–Kier alpha value is -3.67. The Kier molecular flexibility index (Phi) is 6.54. The van der Waals surface area contributed by atoms with Crippen LogP contribution in [0, 0.1) is 10.8 Å². The molecule has 3 aliphatic rings. The van der Waals surface area contributed by atoms with Gasteiger partial charge in [0.25, 0.3) is 0 Å². The van der Waals surface area contributed by atoms with Crippen LogP contribution in [0.4, 0.5) is 0 Å². The van der Waals surface area contributed by atoms with Crippen molar-refractivity contribution in [2.24, 2.45) is 10.8 Å². The maximum atomic E-state index is 13.5. The topological polar surface area (TPSA) is 78.9 Å². The minimum absolute atomic E-state index is 0.00276. The first kappa shape index (κ1) is 26.0. The molecule has 1 heterocycles. The van der Waals surface area contributed by atoms with Gasteiger partial charge in [-0.15, -0.1) is 0 Å². The molecule has 0 saturated heterocycles. The summed E-state index contributed by atoms with van der Waals surface area (Å²) in [7, 11) is 0. The van der Waals surface area contributed by atoms with Gasteiger partial charge in [0.2, 0.25) is 0 Å². The van der Waals surface area contributed by atoms with Crippen LogP contribution in [0.25, 0.3) is 0 Å². The number of esters is 1. The normalized spacial score (nSPS) is 20.4. The minimum atomic E-state index is -0.543. The highest BCUT2D eigenvalue weighted by Crippen LogP contribution is 2.53. The van der Waals surface area contributed by atoms with Crippen LogP contribution in [0.2, 0.25) is 0 Å². The number of carbonyl (C=O) groups is 3. The van der Waals surface area contributed by atoms with Crippen molar-refractivity contribution in [1.82, 2.24) is 0 Å². The molecule has 198 valence electrons. The van der Waals surface area contributed by atoms with Gasteiger partial charge in [-0.1, -0.05) is 52.0 Å². The maximum absolute atomic E-state index is 13.5. The van der Waals surface area contributed by atoms with Crippen LogP contribution in [-0.2, 0) is 14.3 Å². The molecule has 0 saturated carbocycles. The lowest BCUT2D eigenvalue weighted by atomic mass is 9.65. The molecule has 0 aromatic heterocycles. The SMILES string of the molecule is CCOc1cc(C2C3=C(CC(C)(C)CC3=O)OC3=C2C(=O)CC(C)(C)C3)ccc1OC(=O)c1ccccc1. The van der Waals surface area contributed by atoms with Gasteiger partial charge in [-0.25, -0.2) is 4.79 Å². The highest BCUT2D eigenvalue weighted by molar-refractivity contribution is 6.06. The van der Waals surface area contributed by atoms with E-state index in [-0.39, 0.29) is 28.1 Å². The Balaban J connectivity index is 1.60. The highest BCUT2D eigenvalue weighted by Gasteiger charge is 2.48. The van der Waals surface area contributed by atoms with Crippen LogP contribution in [0.1, 0.15) is 82.1 Å². The van der Waals surface area contributed by atoms with Gasteiger partial charge in [-0.2, -0.15) is 0 Å². The van der Waals surface area contributed by atoms with E-state index in [0.29, 0.717) is 66.3 Å². The van der Waals surface area contributed by atoms with Gasteiger partial charge >= 0.3 is 5.97 Å². The number of allylic oxidation sites excluding steroid dienone is 4. The Bertz CT molecular complexity index is 1320. The zero-order chi connectivity index (χ0) is 27.2. The van der Waals surface area contributed by atoms with Gasteiger partial charge in [0.1, 0.15) is 11.5 Å². The molecule has 0 amide bonds. The summed E-state index contributed by atoms with van der Waals surface area (Å²) in [5, 5.41) is 0. The third-order valence-electron chi connectivity index (χ3n) is 7.39. The highest BCUT2D eigenvalue weighted by atomic mass is 16.6. The largest absolute Gasteiger partial charge is 0.490 e. The molecule has 2 aromatic carbocycles. The molecule has 1 aliphatic heterocycles. The van der Waals surface area contributed by atoms with Gasteiger partial charge in [0.05, 0.1) is 12.2 Å². The second kappa shape index (κ2) is 9.57. The Morgan fingerprint density at radius 1 is 0.842 bits per heavy atom. The maximum Gasteiger partial charge on any atom is 0.343 e. The van der Waals surface area contributed by atoms with E-state index >= 15 is 0 Å². The fourth-order valence-corrected chi connectivity index (χ4v) is 5.80. The molecule has 2 aliphatic carbocycles. The molecule has 0 fully saturated rings. The molecule has 2 aromatic rings. The summed E-state index contributed by atoms with van der Waals surface area (Å²) in [5.74, 6) is 0.972. The van der Waals surface area contributed by atoms with Crippen LogP contribution >= 0.6 is 0 Å². The number of benzene rings is 2. The summed E-state index contributed by atoms with van der Waals surface area (Å²) in [6.07, 6.45) is 2.03. The summed E-state index contributed by atoms with van der Waals surface area (Å²) in [6, 6.07) is 14.1. The average Bonchev–Trinajstić information content (AvgIpc) is 2.83. The van der Waals surface area contributed by atoms with Crippen LogP contribution in [0.5, 0.6) is 11.5 Å². The summed E-state index contributed by atoms with van der Waals surface area (Å²) >= 11 is 0. The van der Waals surface area contributed by atoms with E-state index in [0.717, 1.165) is 5.56 Å². The number of hydrogen-bond donors (Lipinski definition) is 0. The number of ether oxygens (including phenoxy) is 3. The van der Waals surface area contributed by atoms with Crippen molar-refractivity contribution in [3.05, 3.63) is 82.3 Å². The smallest absolute Gasteiger partial charge is 0.343 e. The molecule has 0 radical (unpaired) electrons. The standard InChI is InChI=1S/C32H34O6/c1-6-36-24-14-20(12-13-23(24)38-30(35)19-10-8-7-9-11-19)27-28-21(33)15-31(2,3)17-25(28)37-26-18-32(4,5)16-22(34)29(26)27/h7-14,27H,6,15-18H2,1-5H3. The Morgan fingerprint density at radius 2 is 1.42 bits per heavy atom. The average molecular weight is 515 g/mol. The molecular formula is C32H34O6. The molecule has 5 rings (SSSR count). The Labute approximate surface area is 223 Å². The number of ketones is 2. The van der Waals surface area contributed by atoms with E-state index in [4.69, 9.17) is 14.2 Å². The van der Waals surface area contributed by atoms with E-state index in [9.17, 15) is 14.4 Å². The Morgan fingerprint density at radius 3 is 1.97 bits per heavy atom. The van der Waals surface area contributed by atoms with Crippen molar-refractivity contribution in [3.63, 3.8) is 0 Å². The van der Waals surface area contributed by atoms with Crippen molar-refractivity contribution in [2.75, 3.05) is 6.61 Å². The van der Waals surface area contributed by atoms with Crippen LogP contribution in [-0.4, -0.2) is 24.1 Å². The number of Topliss-reactive ketones (excluding diaryl/α,β-unsaturated/α-hetero) is 2. The van der Waals surface area contributed by atoms with E-state index in [1.54, 1.807) is 36.4 Å². The molecule has 0 spiro atoms. The fraction of sp³-hybridized carbons (Fsp3) is 0.406. The molecule has 6 heteroatoms. The van der Waals surface area contributed by atoms with E-state index in [1.165, 1.54) is 0 Å². The quantitative estimate of drug-likeness (QED) is 0.326. The third kappa shape index (κ3) is 4.92. The van der Waals surface area contributed by atoms with Crippen LogP contribution in [0.3, 0.4) is 0 Å². The second-order valence-electron chi connectivity index (χ2n) is 12.0. The summed E-state index contributed by atoms with van der Waals surface area (Å²) in [6.45, 7) is 10.5. The van der Waals surface area contributed by atoms with Gasteiger partial charge in [0.15, 0.2) is 23.1 Å². The minimum Gasteiger partial charge on any atom is -0.490 e. The molecular weight excluding hydrogens is 480 g/mol. The zero-order valence-electron chi connectivity index (χ0n) is 22.7. The lowest BCUT2D eigenvalue weighted by Gasteiger charge is -2.42. The number of rotatable bonds is 5. The fourth-order valence-electron chi connectivity index (χ4n) is 5.80. The molecule has 6 nitrogen and oxygen atoms in total. The van der Waals surface area contributed by atoms with Gasteiger partial charge < -0.3 is 14.2 Å².